The topological polar surface area (TPSA) is 32.8 Å². The van der Waals surface area contributed by atoms with E-state index in [9.17, 15) is 5.11 Å². The van der Waals surface area contributed by atoms with Gasteiger partial charge in [-0.25, -0.2) is 0 Å². The van der Waals surface area contributed by atoms with E-state index in [0.29, 0.717) is 0 Å². The molecule has 0 aromatic heterocycles. The second kappa shape index (κ2) is 3.55. The van der Waals surface area contributed by atoms with Gasteiger partial charge >= 0.3 is 0 Å². The highest BCUT2D eigenvalue weighted by Crippen LogP contribution is 2.32. The van der Waals surface area contributed by atoms with Crippen molar-refractivity contribution < 1.29 is 9.84 Å². The van der Waals surface area contributed by atoms with Crippen LogP contribution in [0.4, 0.5) is 0 Å². The fraction of sp³-hybridized carbons (Fsp3) is 1.00. The van der Waals surface area contributed by atoms with Crippen LogP contribution in [0.3, 0.4) is 0 Å². The van der Waals surface area contributed by atoms with Crippen molar-refractivity contribution in [3.8, 4) is 0 Å². The van der Waals surface area contributed by atoms with Gasteiger partial charge in [0.25, 0.3) is 0 Å². The Morgan fingerprint density at radius 1 is 1.36 bits per heavy atom. The van der Waals surface area contributed by atoms with E-state index >= 15 is 0 Å². The van der Waals surface area contributed by atoms with E-state index in [2.05, 4.69) is 13.8 Å². The Labute approximate surface area is 68.6 Å². The van der Waals surface area contributed by atoms with Gasteiger partial charge in [0, 0.05) is 0 Å². The van der Waals surface area contributed by atoms with Crippen LogP contribution in [-0.4, -0.2) is 23.4 Å². The standard InChI is InChI=1S/C9H18O2/c1-3-5-9(10,6-4-2)8-7-11-8/h8,10H,3-7H2,1-2H3. The Hall–Kier alpha value is -0.0800. The molecule has 0 saturated carbocycles. The summed E-state index contributed by atoms with van der Waals surface area (Å²) in [6.45, 7) is 4.96. The molecule has 11 heavy (non-hydrogen) atoms. The van der Waals surface area contributed by atoms with E-state index in [1.807, 2.05) is 0 Å². The van der Waals surface area contributed by atoms with Gasteiger partial charge < -0.3 is 9.84 Å². The van der Waals surface area contributed by atoms with Gasteiger partial charge in [0.05, 0.1) is 12.2 Å². The highest BCUT2D eigenvalue weighted by molar-refractivity contribution is 4.93. The molecule has 0 radical (unpaired) electrons. The van der Waals surface area contributed by atoms with Crippen molar-refractivity contribution in [3.63, 3.8) is 0 Å². The molecular weight excluding hydrogens is 140 g/mol. The molecule has 1 unspecified atom stereocenters. The highest BCUT2D eigenvalue weighted by Gasteiger charge is 2.43. The first kappa shape index (κ1) is 9.01. The third kappa shape index (κ3) is 2.17. The molecule has 1 aliphatic heterocycles. The molecule has 1 aliphatic rings. The molecule has 1 rings (SSSR count). The van der Waals surface area contributed by atoms with Crippen LogP contribution in [-0.2, 0) is 4.74 Å². The zero-order valence-electron chi connectivity index (χ0n) is 7.47. The Balaban J connectivity index is 2.39. The van der Waals surface area contributed by atoms with Gasteiger partial charge in [-0.05, 0) is 12.8 Å². The molecule has 0 aliphatic carbocycles. The van der Waals surface area contributed by atoms with Crippen LogP contribution in [0.5, 0.6) is 0 Å². The number of rotatable bonds is 5. The van der Waals surface area contributed by atoms with Crippen molar-refractivity contribution in [1.29, 1.82) is 0 Å². The maximum atomic E-state index is 10.0. The molecule has 2 nitrogen and oxygen atoms in total. The van der Waals surface area contributed by atoms with E-state index in [-0.39, 0.29) is 6.10 Å². The molecule has 1 fully saturated rings. The minimum Gasteiger partial charge on any atom is -0.387 e. The van der Waals surface area contributed by atoms with Gasteiger partial charge in [-0.15, -0.1) is 0 Å². The molecule has 1 heterocycles. The van der Waals surface area contributed by atoms with Gasteiger partial charge in [-0.2, -0.15) is 0 Å². The summed E-state index contributed by atoms with van der Waals surface area (Å²) in [5.41, 5.74) is -0.510. The quantitative estimate of drug-likeness (QED) is 0.618. The molecule has 1 atom stereocenters. The summed E-state index contributed by atoms with van der Waals surface area (Å²) >= 11 is 0. The number of ether oxygens (including phenoxy) is 1. The lowest BCUT2D eigenvalue weighted by atomic mass is 9.90. The lowest BCUT2D eigenvalue weighted by Crippen LogP contribution is -2.34. The second-order valence-electron chi connectivity index (χ2n) is 3.43. The molecule has 66 valence electrons. The number of hydrogen-bond donors (Lipinski definition) is 1. The summed E-state index contributed by atoms with van der Waals surface area (Å²) in [5.74, 6) is 0. The van der Waals surface area contributed by atoms with E-state index in [0.717, 1.165) is 32.3 Å². The monoisotopic (exact) mass is 158 g/mol. The normalized spacial score (nSPS) is 23.7. The van der Waals surface area contributed by atoms with E-state index in [1.165, 1.54) is 0 Å². The fourth-order valence-corrected chi connectivity index (χ4v) is 1.67. The first-order valence-electron chi connectivity index (χ1n) is 4.57. The first-order chi connectivity index (χ1) is 5.23. The maximum Gasteiger partial charge on any atom is 0.110 e. The van der Waals surface area contributed by atoms with Crippen molar-refractivity contribution >= 4 is 0 Å². The largest absolute Gasteiger partial charge is 0.387 e. The fourth-order valence-electron chi connectivity index (χ4n) is 1.67. The minimum absolute atomic E-state index is 0.141. The Bertz CT molecular complexity index is 113. The van der Waals surface area contributed by atoms with Gasteiger partial charge in [-0.1, -0.05) is 26.7 Å². The van der Waals surface area contributed by atoms with Crippen molar-refractivity contribution in [1.82, 2.24) is 0 Å². The first-order valence-corrected chi connectivity index (χ1v) is 4.57. The summed E-state index contributed by atoms with van der Waals surface area (Å²) in [5, 5.41) is 10.0. The van der Waals surface area contributed by atoms with Crippen molar-refractivity contribution in [2.45, 2.75) is 51.2 Å². The van der Waals surface area contributed by atoms with E-state index < -0.39 is 5.60 Å². The third-order valence-corrected chi connectivity index (χ3v) is 2.30. The predicted molar refractivity (Wildman–Crippen MR) is 44.5 cm³/mol. The third-order valence-electron chi connectivity index (χ3n) is 2.30. The van der Waals surface area contributed by atoms with Gasteiger partial charge in [0.2, 0.25) is 0 Å². The van der Waals surface area contributed by atoms with Gasteiger partial charge in [0.1, 0.15) is 6.10 Å². The molecule has 0 spiro atoms. The van der Waals surface area contributed by atoms with Crippen LogP contribution in [0.2, 0.25) is 0 Å². The summed E-state index contributed by atoms with van der Waals surface area (Å²) in [4.78, 5) is 0. The average molecular weight is 158 g/mol. The lowest BCUT2D eigenvalue weighted by molar-refractivity contribution is -0.00529. The second-order valence-corrected chi connectivity index (χ2v) is 3.43. The maximum absolute atomic E-state index is 10.0. The highest BCUT2D eigenvalue weighted by atomic mass is 16.6. The smallest absolute Gasteiger partial charge is 0.110 e. The molecule has 0 aromatic rings. The van der Waals surface area contributed by atoms with Crippen molar-refractivity contribution in [2.24, 2.45) is 0 Å². The zero-order chi connectivity index (χ0) is 8.32. The zero-order valence-corrected chi connectivity index (χ0v) is 7.47. The van der Waals surface area contributed by atoms with E-state index in [4.69, 9.17) is 4.74 Å². The van der Waals surface area contributed by atoms with Crippen molar-refractivity contribution in [2.75, 3.05) is 6.61 Å². The summed E-state index contributed by atoms with van der Waals surface area (Å²) < 4.78 is 5.13. The van der Waals surface area contributed by atoms with Crippen LogP contribution in [0.15, 0.2) is 0 Å². The Morgan fingerprint density at radius 3 is 2.09 bits per heavy atom. The Morgan fingerprint density at radius 2 is 1.82 bits per heavy atom. The average Bonchev–Trinajstić information content (AvgIpc) is 2.68. The molecule has 0 aromatic carbocycles. The van der Waals surface area contributed by atoms with Crippen molar-refractivity contribution in [3.05, 3.63) is 0 Å². The summed E-state index contributed by atoms with van der Waals surface area (Å²) in [7, 11) is 0. The molecule has 1 N–H and O–H groups in total. The SMILES string of the molecule is CCCC(O)(CCC)C1CO1. The predicted octanol–water partition coefficient (Wildman–Crippen LogP) is 1.72. The van der Waals surface area contributed by atoms with Crippen LogP contribution >= 0.6 is 0 Å². The number of hydrogen-bond acceptors (Lipinski definition) is 2. The van der Waals surface area contributed by atoms with Crippen LogP contribution in [0.1, 0.15) is 39.5 Å². The molecule has 1 saturated heterocycles. The minimum atomic E-state index is -0.510. The van der Waals surface area contributed by atoms with Crippen LogP contribution in [0.25, 0.3) is 0 Å². The van der Waals surface area contributed by atoms with Crippen LogP contribution < -0.4 is 0 Å². The molecule has 0 bridgehead atoms. The molecule has 2 heteroatoms. The number of aliphatic hydroxyl groups is 1. The summed E-state index contributed by atoms with van der Waals surface area (Å²) in [6.07, 6.45) is 3.98. The molecular formula is C9H18O2. The van der Waals surface area contributed by atoms with Crippen LogP contribution in [0, 0.1) is 0 Å². The summed E-state index contributed by atoms with van der Waals surface area (Å²) in [6, 6.07) is 0. The van der Waals surface area contributed by atoms with Gasteiger partial charge in [0.15, 0.2) is 0 Å². The van der Waals surface area contributed by atoms with E-state index in [1.54, 1.807) is 0 Å². The van der Waals surface area contributed by atoms with Gasteiger partial charge in [-0.3, -0.25) is 0 Å². The lowest BCUT2D eigenvalue weighted by Gasteiger charge is -2.24. The molecule has 0 amide bonds. The Kier molecular flexibility index (Phi) is 2.90. The number of epoxide rings is 1.